The predicted molar refractivity (Wildman–Crippen MR) is 119 cm³/mol. The van der Waals surface area contributed by atoms with Crippen molar-refractivity contribution in [3.05, 3.63) is 28.2 Å². The van der Waals surface area contributed by atoms with E-state index in [1.54, 1.807) is 6.92 Å². The first kappa shape index (κ1) is 21.6. The maximum Gasteiger partial charge on any atom is 0.341 e. The van der Waals surface area contributed by atoms with Crippen molar-refractivity contribution in [3.8, 4) is 0 Å². The number of esters is 1. The highest BCUT2D eigenvalue weighted by atomic mass is 32.1. The zero-order valence-electron chi connectivity index (χ0n) is 17.4. The van der Waals surface area contributed by atoms with Crippen molar-refractivity contribution in [2.45, 2.75) is 27.2 Å². The summed E-state index contributed by atoms with van der Waals surface area (Å²) in [4.78, 5) is 52.2. The van der Waals surface area contributed by atoms with Gasteiger partial charge in [-0.25, -0.2) is 4.79 Å². The minimum atomic E-state index is -0.567. The van der Waals surface area contributed by atoms with E-state index in [4.69, 9.17) is 17.0 Å². The number of anilines is 1. The summed E-state index contributed by atoms with van der Waals surface area (Å²) in [7, 11) is 0. The third-order valence-electron chi connectivity index (χ3n) is 6.21. The number of ether oxygens (including phenoxy) is 1. The molecule has 3 aliphatic rings. The van der Waals surface area contributed by atoms with Crippen LogP contribution in [0.3, 0.4) is 0 Å². The molecule has 31 heavy (non-hydrogen) atoms. The molecular formula is C21H23N3O5S2. The maximum atomic E-state index is 12.7. The van der Waals surface area contributed by atoms with Crippen molar-refractivity contribution >= 4 is 57.4 Å². The number of nitrogens with one attached hydrogen (secondary N) is 2. The Labute approximate surface area is 189 Å². The summed E-state index contributed by atoms with van der Waals surface area (Å²) in [6.45, 7) is 5.28. The van der Waals surface area contributed by atoms with Crippen LogP contribution in [0.25, 0.3) is 0 Å². The quantitative estimate of drug-likeness (QED) is 0.300. The number of aryl methyl sites for hydroxylation is 1. The molecule has 2 N–H and O–H groups in total. The molecule has 1 saturated heterocycles. The highest BCUT2D eigenvalue weighted by molar-refractivity contribution is 7.80. The Bertz CT molecular complexity index is 1000. The molecule has 2 heterocycles. The van der Waals surface area contributed by atoms with Gasteiger partial charge < -0.3 is 15.4 Å². The summed E-state index contributed by atoms with van der Waals surface area (Å²) in [5, 5.41) is 5.83. The molecule has 8 nitrogen and oxygen atoms in total. The molecule has 4 rings (SSSR count). The van der Waals surface area contributed by atoms with Crippen molar-refractivity contribution < 1.29 is 23.9 Å². The normalized spacial score (nSPS) is 25.7. The lowest BCUT2D eigenvalue weighted by atomic mass is 9.85. The predicted octanol–water partition coefficient (Wildman–Crippen LogP) is 2.16. The second kappa shape index (κ2) is 8.16. The van der Waals surface area contributed by atoms with Crippen LogP contribution in [-0.2, 0) is 19.1 Å². The van der Waals surface area contributed by atoms with Crippen LogP contribution in [0.2, 0.25) is 0 Å². The van der Waals surface area contributed by atoms with Crippen LogP contribution in [0.4, 0.5) is 5.00 Å². The Morgan fingerprint density at radius 3 is 2.39 bits per heavy atom. The van der Waals surface area contributed by atoms with Crippen molar-refractivity contribution in [2.24, 2.45) is 23.7 Å². The number of likely N-dealkylation sites (tertiary alicyclic amines) is 1. The largest absolute Gasteiger partial charge is 0.462 e. The summed E-state index contributed by atoms with van der Waals surface area (Å²) in [5.41, 5.74) is 1.16. The van der Waals surface area contributed by atoms with Crippen molar-refractivity contribution in [1.29, 1.82) is 0 Å². The number of nitrogens with zero attached hydrogens (tertiary/aromatic N) is 1. The highest BCUT2D eigenvalue weighted by Crippen LogP contribution is 2.52. The van der Waals surface area contributed by atoms with Crippen molar-refractivity contribution in [3.63, 3.8) is 0 Å². The average molecular weight is 462 g/mol. The molecule has 2 aliphatic carbocycles. The molecule has 0 aromatic carbocycles. The first-order valence-electron chi connectivity index (χ1n) is 10.1. The molecule has 10 heteroatoms. The Balaban J connectivity index is 1.39. The molecule has 2 fully saturated rings. The van der Waals surface area contributed by atoms with Gasteiger partial charge in [-0.05, 0) is 56.8 Å². The number of allylic oxidation sites excluding steroid dienone is 2. The minimum absolute atomic E-state index is 0.0159. The van der Waals surface area contributed by atoms with Gasteiger partial charge in [0.05, 0.1) is 24.0 Å². The number of hydrogen-bond donors (Lipinski definition) is 2. The number of rotatable bonds is 5. The van der Waals surface area contributed by atoms with E-state index < -0.39 is 11.9 Å². The van der Waals surface area contributed by atoms with Crippen LogP contribution in [0.15, 0.2) is 12.2 Å². The van der Waals surface area contributed by atoms with Crippen LogP contribution in [0, 0.1) is 37.5 Å². The Hall–Kier alpha value is -2.59. The third-order valence-corrected chi connectivity index (χ3v) is 7.54. The number of carbonyl (C=O) groups is 4. The minimum Gasteiger partial charge on any atom is -0.462 e. The second-order valence-electron chi connectivity index (χ2n) is 7.97. The van der Waals surface area contributed by atoms with Gasteiger partial charge in [-0.1, -0.05) is 12.2 Å². The van der Waals surface area contributed by atoms with Crippen LogP contribution in [-0.4, -0.2) is 46.9 Å². The molecule has 3 amide bonds. The van der Waals surface area contributed by atoms with Gasteiger partial charge >= 0.3 is 5.97 Å². The van der Waals surface area contributed by atoms with Gasteiger partial charge in [0, 0.05) is 4.88 Å². The number of hydrogen-bond acceptors (Lipinski definition) is 7. The number of carbonyl (C=O) groups excluding carboxylic acids is 4. The SMILES string of the molecule is CCOC(=O)c1c(NC(=S)NC(=O)CN2C(=O)[C@H]3[C@H](C2=O)[C@H]2C=C[C@H]3C2)sc(C)c1C. The zero-order valence-corrected chi connectivity index (χ0v) is 19.0. The van der Waals surface area contributed by atoms with Gasteiger partial charge in [0.15, 0.2) is 5.11 Å². The first-order chi connectivity index (χ1) is 14.7. The number of thiocarbonyl (C=S) groups is 1. The Morgan fingerprint density at radius 2 is 1.81 bits per heavy atom. The molecule has 1 saturated carbocycles. The molecule has 4 atom stereocenters. The molecule has 2 bridgehead atoms. The van der Waals surface area contributed by atoms with Gasteiger partial charge in [-0.3, -0.25) is 19.3 Å². The van der Waals surface area contributed by atoms with Crippen molar-refractivity contribution in [2.75, 3.05) is 18.5 Å². The van der Waals surface area contributed by atoms with E-state index in [0.717, 1.165) is 21.8 Å². The van der Waals surface area contributed by atoms with Crippen LogP contribution in [0.5, 0.6) is 0 Å². The van der Waals surface area contributed by atoms with E-state index in [-0.39, 0.29) is 53.8 Å². The van der Waals surface area contributed by atoms with Crippen LogP contribution >= 0.6 is 23.6 Å². The third kappa shape index (κ3) is 3.67. The summed E-state index contributed by atoms with van der Waals surface area (Å²) >= 11 is 6.54. The number of thiophene rings is 1. The van der Waals surface area contributed by atoms with Gasteiger partial charge in [0.1, 0.15) is 11.5 Å². The van der Waals surface area contributed by atoms with E-state index in [9.17, 15) is 19.2 Å². The van der Waals surface area contributed by atoms with E-state index in [0.29, 0.717) is 10.6 Å². The fraction of sp³-hybridized carbons (Fsp3) is 0.476. The molecular weight excluding hydrogens is 438 g/mol. The topological polar surface area (TPSA) is 105 Å². The van der Waals surface area contributed by atoms with E-state index in [2.05, 4.69) is 10.6 Å². The molecule has 0 radical (unpaired) electrons. The molecule has 1 aromatic heterocycles. The summed E-state index contributed by atoms with van der Waals surface area (Å²) < 4.78 is 5.11. The summed E-state index contributed by atoms with van der Waals surface area (Å²) in [6, 6.07) is 0. The average Bonchev–Trinajstić information content (AvgIpc) is 3.43. The Morgan fingerprint density at radius 1 is 1.19 bits per heavy atom. The maximum absolute atomic E-state index is 12.7. The molecule has 0 unspecified atom stereocenters. The fourth-order valence-electron chi connectivity index (χ4n) is 4.73. The van der Waals surface area contributed by atoms with Gasteiger partial charge in [0.2, 0.25) is 17.7 Å². The van der Waals surface area contributed by atoms with Gasteiger partial charge in [0.25, 0.3) is 0 Å². The number of imide groups is 1. The number of fused-ring (bicyclic) bond motifs is 5. The molecule has 164 valence electrons. The number of amides is 3. The Kier molecular flexibility index (Phi) is 5.69. The van der Waals surface area contributed by atoms with Crippen LogP contribution < -0.4 is 10.6 Å². The van der Waals surface area contributed by atoms with Crippen LogP contribution in [0.1, 0.15) is 34.1 Å². The lowest BCUT2D eigenvalue weighted by Gasteiger charge is -2.17. The molecule has 1 aliphatic heterocycles. The summed E-state index contributed by atoms with van der Waals surface area (Å²) in [5.74, 6) is -2.10. The summed E-state index contributed by atoms with van der Waals surface area (Å²) in [6.07, 6.45) is 4.85. The van der Waals surface area contributed by atoms with Gasteiger partial charge in [-0.2, -0.15) is 0 Å². The first-order valence-corrected chi connectivity index (χ1v) is 11.4. The monoisotopic (exact) mass is 461 g/mol. The smallest absolute Gasteiger partial charge is 0.341 e. The van der Waals surface area contributed by atoms with Crippen molar-refractivity contribution in [1.82, 2.24) is 10.2 Å². The molecule has 1 aromatic rings. The lowest BCUT2D eigenvalue weighted by molar-refractivity contribution is -0.144. The zero-order chi connectivity index (χ0) is 22.4. The van der Waals surface area contributed by atoms with E-state index in [1.807, 2.05) is 26.0 Å². The van der Waals surface area contributed by atoms with E-state index >= 15 is 0 Å². The fourth-order valence-corrected chi connectivity index (χ4v) is 6.06. The highest BCUT2D eigenvalue weighted by Gasteiger charge is 2.59. The standard InChI is InChI=1S/C21H23N3O5S2/c1-4-29-20(28)14-9(2)10(3)31-17(14)23-21(30)22-13(25)8-24-18(26)15-11-5-6-12(7-11)16(15)19(24)27/h5-6,11-12,15-16H,4,7-8H2,1-3H3,(H2,22,23,25,30)/t11-,12-,15+,16+/m0/s1. The second-order valence-corrected chi connectivity index (χ2v) is 9.61. The van der Waals surface area contributed by atoms with E-state index in [1.165, 1.54) is 11.3 Å². The lowest BCUT2D eigenvalue weighted by Crippen LogP contribution is -2.44. The molecule has 0 spiro atoms. The van der Waals surface area contributed by atoms with Gasteiger partial charge in [-0.15, -0.1) is 11.3 Å².